The quantitative estimate of drug-likeness (QED) is 0.763. The van der Waals surface area contributed by atoms with Gasteiger partial charge in [0.2, 0.25) is 5.88 Å². The predicted octanol–water partition coefficient (Wildman–Crippen LogP) is 1.93. The van der Waals surface area contributed by atoms with Crippen molar-refractivity contribution >= 4 is 11.6 Å². The van der Waals surface area contributed by atoms with Gasteiger partial charge in [-0.05, 0) is 25.5 Å². The molecule has 1 aromatic rings. The topological polar surface area (TPSA) is 51.7 Å². The SMILES string of the molecule is CCCCOCC(=O)N1CCOc2nc(C)ccc21. The second-order valence-electron chi connectivity index (χ2n) is 4.58. The number of amides is 1. The number of nitrogens with zero attached hydrogens (tertiary/aromatic N) is 2. The summed E-state index contributed by atoms with van der Waals surface area (Å²) in [6.45, 7) is 5.77. The molecule has 2 rings (SSSR count). The number of hydrogen-bond acceptors (Lipinski definition) is 4. The zero-order valence-corrected chi connectivity index (χ0v) is 11.5. The minimum absolute atomic E-state index is 0.0358. The third kappa shape index (κ3) is 3.44. The Hall–Kier alpha value is -1.62. The van der Waals surface area contributed by atoms with Gasteiger partial charge in [-0.15, -0.1) is 0 Å². The molecule has 0 aliphatic carbocycles. The first-order valence-corrected chi connectivity index (χ1v) is 6.71. The number of anilines is 1. The third-order valence-electron chi connectivity index (χ3n) is 2.99. The van der Waals surface area contributed by atoms with Crippen LogP contribution < -0.4 is 9.64 Å². The molecule has 0 atom stereocenters. The van der Waals surface area contributed by atoms with Gasteiger partial charge in [0.05, 0.1) is 6.54 Å². The van der Waals surface area contributed by atoms with Crippen molar-refractivity contribution in [3.8, 4) is 5.88 Å². The summed E-state index contributed by atoms with van der Waals surface area (Å²) in [4.78, 5) is 18.1. The lowest BCUT2D eigenvalue weighted by Crippen LogP contribution is -2.40. The highest BCUT2D eigenvalue weighted by Crippen LogP contribution is 2.29. The molecule has 5 nitrogen and oxygen atoms in total. The van der Waals surface area contributed by atoms with Crippen LogP contribution in [-0.2, 0) is 9.53 Å². The molecule has 0 N–H and O–H groups in total. The monoisotopic (exact) mass is 264 g/mol. The number of carbonyl (C=O) groups is 1. The molecule has 0 saturated heterocycles. The molecule has 5 heteroatoms. The minimum atomic E-state index is -0.0358. The second-order valence-corrected chi connectivity index (χ2v) is 4.58. The van der Waals surface area contributed by atoms with Crippen LogP contribution in [0.1, 0.15) is 25.5 Å². The molecule has 0 saturated carbocycles. The first kappa shape index (κ1) is 13.8. The Kier molecular flexibility index (Phi) is 4.74. The highest BCUT2D eigenvalue weighted by molar-refractivity contribution is 5.95. The number of fused-ring (bicyclic) bond motifs is 1. The van der Waals surface area contributed by atoms with E-state index in [0.29, 0.717) is 25.6 Å². The van der Waals surface area contributed by atoms with Crippen LogP contribution in [0.2, 0.25) is 0 Å². The summed E-state index contributed by atoms with van der Waals surface area (Å²) in [7, 11) is 0. The maximum absolute atomic E-state index is 12.1. The average molecular weight is 264 g/mol. The van der Waals surface area contributed by atoms with E-state index >= 15 is 0 Å². The molecule has 0 bridgehead atoms. The fourth-order valence-corrected chi connectivity index (χ4v) is 1.93. The standard InChI is InChI=1S/C14H20N2O3/c1-3-4-8-18-10-13(17)16-7-9-19-14-12(16)6-5-11(2)15-14/h5-6H,3-4,7-10H2,1-2H3. The molecule has 2 heterocycles. The van der Waals surface area contributed by atoms with E-state index in [1.54, 1.807) is 4.90 Å². The lowest BCUT2D eigenvalue weighted by atomic mass is 10.2. The van der Waals surface area contributed by atoms with E-state index in [1.165, 1.54) is 0 Å². The van der Waals surface area contributed by atoms with Crippen molar-refractivity contribution in [2.45, 2.75) is 26.7 Å². The molecular formula is C14H20N2O3. The zero-order chi connectivity index (χ0) is 13.7. The van der Waals surface area contributed by atoms with Crippen LogP contribution in [0.3, 0.4) is 0 Å². The van der Waals surface area contributed by atoms with Crippen LogP contribution in [0.5, 0.6) is 5.88 Å². The van der Waals surface area contributed by atoms with Gasteiger partial charge >= 0.3 is 0 Å². The average Bonchev–Trinajstić information content (AvgIpc) is 2.42. The van der Waals surface area contributed by atoms with Gasteiger partial charge in [0.25, 0.3) is 5.91 Å². The van der Waals surface area contributed by atoms with E-state index < -0.39 is 0 Å². The highest BCUT2D eigenvalue weighted by Gasteiger charge is 2.24. The first-order valence-electron chi connectivity index (χ1n) is 6.71. The van der Waals surface area contributed by atoms with Gasteiger partial charge < -0.3 is 14.4 Å². The number of unbranched alkanes of at least 4 members (excludes halogenated alkanes) is 1. The van der Waals surface area contributed by atoms with E-state index in [1.807, 2.05) is 19.1 Å². The van der Waals surface area contributed by atoms with Gasteiger partial charge in [0.1, 0.15) is 18.9 Å². The fourth-order valence-electron chi connectivity index (χ4n) is 1.93. The van der Waals surface area contributed by atoms with Crippen molar-refractivity contribution in [3.05, 3.63) is 17.8 Å². The van der Waals surface area contributed by atoms with Gasteiger partial charge in [-0.3, -0.25) is 4.79 Å². The van der Waals surface area contributed by atoms with Gasteiger partial charge in [0.15, 0.2) is 0 Å². The highest BCUT2D eigenvalue weighted by atomic mass is 16.5. The third-order valence-corrected chi connectivity index (χ3v) is 2.99. The Labute approximate surface area is 113 Å². The van der Waals surface area contributed by atoms with E-state index in [9.17, 15) is 4.79 Å². The molecule has 1 aliphatic heterocycles. The zero-order valence-electron chi connectivity index (χ0n) is 11.5. The predicted molar refractivity (Wildman–Crippen MR) is 72.5 cm³/mol. The molecule has 1 amide bonds. The summed E-state index contributed by atoms with van der Waals surface area (Å²) in [5, 5.41) is 0. The van der Waals surface area contributed by atoms with Gasteiger partial charge in [-0.2, -0.15) is 0 Å². The smallest absolute Gasteiger partial charge is 0.253 e. The number of rotatable bonds is 5. The normalized spacial score (nSPS) is 13.9. The number of aromatic nitrogens is 1. The molecule has 0 aromatic carbocycles. The van der Waals surface area contributed by atoms with Crippen molar-refractivity contribution in [2.24, 2.45) is 0 Å². The number of aryl methyl sites for hydroxylation is 1. The molecular weight excluding hydrogens is 244 g/mol. The maximum atomic E-state index is 12.1. The second kappa shape index (κ2) is 6.52. The molecule has 0 fully saturated rings. The fraction of sp³-hybridized carbons (Fsp3) is 0.571. The van der Waals surface area contributed by atoms with Gasteiger partial charge in [0, 0.05) is 12.3 Å². The Balaban J connectivity index is 2.00. The summed E-state index contributed by atoms with van der Waals surface area (Å²) in [5.41, 5.74) is 1.62. The number of carbonyl (C=O) groups excluding carboxylic acids is 1. The van der Waals surface area contributed by atoms with Crippen LogP contribution in [0.15, 0.2) is 12.1 Å². The molecule has 104 valence electrons. The van der Waals surface area contributed by atoms with Crippen molar-refractivity contribution in [1.29, 1.82) is 0 Å². The Morgan fingerprint density at radius 2 is 2.37 bits per heavy atom. The summed E-state index contributed by atoms with van der Waals surface area (Å²) in [6.07, 6.45) is 2.05. The van der Waals surface area contributed by atoms with E-state index in [-0.39, 0.29) is 12.5 Å². The first-order chi connectivity index (χ1) is 9.22. The van der Waals surface area contributed by atoms with Crippen LogP contribution in [0, 0.1) is 6.92 Å². The Morgan fingerprint density at radius 3 is 3.16 bits per heavy atom. The molecule has 0 radical (unpaired) electrons. The molecule has 1 aliphatic rings. The minimum Gasteiger partial charge on any atom is -0.474 e. The van der Waals surface area contributed by atoms with Crippen molar-refractivity contribution in [2.75, 3.05) is 31.3 Å². The van der Waals surface area contributed by atoms with Crippen LogP contribution in [0.4, 0.5) is 5.69 Å². The largest absolute Gasteiger partial charge is 0.474 e. The Bertz CT molecular complexity index is 448. The van der Waals surface area contributed by atoms with Crippen molar-refractivity contribution < 1.29 is 14.3 Å². The molecule has 0 spiro atoms. The molecule has 1 aromatic heterocycles. The van der Waals surface area contributed by atoms with E-state index in [4.69, 9.17) is 9.47 Å². The summed E-state index contributed by atoms with van der Waals surface area (Å²) in [6, 6.07) is 3.76. The molecule has 0 unspecified atom stereocenters. The van der Waals surface area contributed by atoms with Crippen LogP contribution in [-0.4, -0.2) is 37.3 Å². The number of ether oxygens (including phenoxy) is 2. The van der Waals surface area contributed by atoms with Crippen molar-refractivity contribution in [1.82, 2.24) is 4.98 Å². The lowest BCUT2D eigenvalue weighted by Gasteiger charge is -2.28. The maximum Gasteiger partial charge on any atom is 0.253 e. The summed E-state index contributed by atoms with van der Waals surface area (Å²) < 4.78 is 10.9. The summed E-state index contributed by atoms with van der Waals surface area (Å²) >= 11 is 0. The van der Waals surface area contributed by atoms with Crippen molar-refractivity contribution in [3.63, 3.8) is 0 Å². The molecule has 19 heavy (non-hydrogen) atoms. The van der Waals surface area contributed by atoms with E-state index in [0.717, 1.165) is 24.2 Å². The number of hydrogen-bond donors (Lipinski definition) is 0. The Morgan fingerprint density at radius 1 is 1.53 bits per heavy atom. The van der Waals surface area contributed by atoms with Gasteiger partial charge in [-0.25, -0.2) is 4.98 Å². The van der Waals surface area contributed by atoms with Crippen LogP contribution >= 0.6 is 0 Å². The lowest BCUT2D eigenvalue weighted by molar-refractivity contribution is -0.123. The number of pyridine rings is 1. The van der Waals surface area contributed by atoms with Crippen LogP contribution in [0.25, 0.3) is 0 Å². The summed E-state index contributed by atoms with van der Waals surface area (Å²) in [5.74, 6) is 0.500. The van der Waals surface area contributed by atoms with E-state index in [2.05, 4.69) is 11.9 Å². The van der Waals surface area contributed by atoms with Gasteiger partial charge in [-0.1, -0.05) is 13.3 Å².